The Hall–Kier alpha value is -3.29. The molecular formula is C22H25N5O2. The minimum absolute atomic E-state index is 0.259. The van der Waals surface area contributed by atoms with Gasteiger partial charge in [0.05, 0.1) is 5.69 Å². The van der Waals surface area contributed by atoms with E-state index >= 15 is 0 Å². The molecule has 29 heavy (non-hydrogen) atoms. The lowest BCUT2D eigenvalue weighted by Gasteiger charge is -2.27. The van der Waals surface area contributed by atoms with E-state index in [1.165, 1.54) is 0 Å². The van der Waals surface area contributed by atoms with Gasteiger partial charge in [-0.2, -0.15) is 5.53 Å². The molecule has 7 heteroatoms. The van der Waals surface area contributed by atoms with Crippen LogP contribution in [-0.4, -0.2) is 5.91 Å². The third kappa shape index (κ3) is 4.96. The molecule has 0 aliphatic heterocycles. The van der Waals surface area contributed by atoms with Gasteiger partial charge in [-0.25, -0.2) is 0 Å². The molecule has 2 aromatic rings. The first-order valence-corrected chi connectivity index (χ1v) is 9.60. The van der Waals surface area contributed by atoms with Crippen molar-refractivity contribution in [1.82, 2.24) is 5.53 Å². The highest BCUT2D eigenvalue weighted by Gasteiger charge is 2.15. The standard InChI is InChI=1S/C22H25N5O2/c1-16-20(13-8-14-21(16)25-29)22(28)24-17-9-7-12-19(15-17)27(26-23)18-10-5-3-2-4-6-11-18/h3,5,7-10,12-15,26H,2,4,6,11,23H2,1H3,(H,24,28)/b5-3-,18-10+. The van der Waals surface area contributed by atoms with E-state index in [0.29, 0.717) is 16.8 Å². The van der Waals surface area contributed by atoms with Crippen LogP contribution < -0.4 is 21.7 Å². The van der Waals surface area contributed by atoms with Crippen molar-refractivity contribution in [2.24, 2.45) is 11.0 Å². The molecule has 0 saturated heterocycles. The number of nitrogens with one attached hydrogen (secondary N) is 2. The lowest BCUT2D eigenvalue weighted by Crippen LogP contribution is -2.42. The molecule has 0 aromatic heterocycles. The van der Waals surface area contributed by atoms with E-state index in [1.54, 1.807) is 31.2 Å². The number of allylic oxidation sites excluding steroid dienone is 4. The summed E-state index contributed by atoms with van der Waals surface area (Å²) in [5.74, 6) is 5.50. The van der Waals surface area contributed by atoms with Crippen LogP contribution in [0.2, 0.25) is 0 Å². The Morgan fingerprint density at radius 1 is 1.17 bits per heavy atom. The van der Waals surface area contributed by atoms with Gasteiger partial charge in [0.25, 0.3) is 5.91 Å². The fourth-order valence-corrected chi connectivity index (χ4v) is 3.33. The first kappa shape index (κ1) is 20.4. The molecule has 0 heterocycles. The maximum Gasteiger partial charge on any atom is 0.256 e. The number of carbonyl (C=O) groups is 1. The minimum atomic E-state index is -0.300. The first-order valence-electron chi connectivity index (χ1n) is 9.60. The largest absolute Gasteiger partial charge is 0.322 e. The molecule has 0 spiro atoms. The van der Waals surface area contributed by atoms with Crippen molar-refractivity contribution < 1.29 is 4.79 Å². The highest BCUT2D eigenvalue weighted by molar-refractivity contribution is 6.06. The predicted octanol–water partition coefficient (Wildman–Crippen LogP) is 4.84. The Morgan fingerprint density at radius 2 is 2.00 bits per heavy atom. The molecule has 0 radical (unpaired) electrons. The molecule has 7 nitrogen and oxygen atoms in total. The normalized spacial score (nSPS) is 16.7. The van der Waals surface area contributed by atoms with Crippen LogP contribution in [0.1, 0.15) is 41.6 Å². The van der Waals surface area contributed by atoms with Crippen LogP contribution >= 0.6 is 0 Å². The van der Waals surface area contributed by atoms with Crippen molar-refractivity contribution in [2.45, 2.75) is 32.6 Å². The zero-order valence-corrected chi connectivity index (χ0v) is 16.4. The van der Waals surface area contributed by atoms with Crippen LogP contribution in [0.4, 0.5) is 17.1 Å². The number of nitrogens with zero attached hydrogens (tertiary/aromatic N) is 2. The van der Waals surface area contributed by atoms with E-state index in [4.69, 9.17) is 5.84 Å². The zero-order valence-electron chi connectivity index (χ0n) is 16.4. The van der Waals surface area contributed by atoms with Gasteiger partial charge < -0.3 is 5.32 Å². The van der Waals surface area contributed by atoms with E-state index in [1.807, 2.05) is 35.4 Å². The fourth-order valence-electron chi connectivity index (χ4n) is 3.33. The second kappa shape index (κ2) is 9.77. The quantitative estimate of drug-likeness (QED) is 0.371. The van der Waals surface area contributed by atoms with Crippen LogP contribution in [0.5, 0.6) is 0 Å². The molecule has 0 bridgehead atoms. The van der Waals surface area contributed by atoms with Crippen molar-refractivity contribution in [3.8, 4) is 0 Å². The second-order valence-corrected chi connectivity index (χ2v) is 6.84. The summed E-state index contributed by atoms with van der Waals surface area (Å²) in [4.78, 5) is 23.6. The topological polar surface area (TPSA) is 99.8 Å². The molecule has 0 unspecified atom stereocenters. The lowest BCUT2D eigenvalue weighted by molar-refractivity contribution is 0.102. The number of hydrazine groups is 2. The number of carbonyl (C=O) groups excluding carboxylic acids is 1. The van der Waals surface area contributed by atoms with Gasteiger partial charge in [0.1, 0.15) is 5.69 Å². The van der Waals surface area contributed by atoms with E-state index in [0.717, 1.165) is 37.1 Å². The molecule has 0 atom stereocenters. The van der Waals surface area contributed by atoms with Crippen molar-refractivity contribution in [2.75, 3.05) is 10.3 Å². The number of amides is 1. The summed E-state index contributed by atoms with van der Waals surface area (Å²) in [7, 11) is 0. The monoisotopic (exact) mass is 391 g/mol. The number of nitroso groups, excluding NO2 is 1. The number of hydrogen-bond acceptors (Lipinski definition) is 6. The van der Waals surface area contributed by atoms with Gasteiger partial charge in [-0.05, 0) is 79.8 Å². The van der Waals surface area contributed by atoms with Crippen LogP contribution in [0.25, 0.3) is 0 Å². The molecule has 4 N–H and O–H groups in total. The van der Waals surface area contributed by atoms with Gasteiger partial charge in [-0.15, -0.1) is 4.91 Å². The van der Waals surface area contributed by atoms with Crippen LogP contribution in [0, 0.1) is 11.8 Å². The van der Waals surface area contributed by atoms with Gasteiger partial charge >= 0.3 is 0 Å². The summed E-state index contributed by atoms with van der Waals surface area (Å²) >= 11 is 0. The molecule has 0 fully saturated rings. The summed E-state index contributed by atoms with van der Waals surface area (Å²) in [5, 5.41) is 7.66. The molecule has 2 aromatic carbocycles. The Kier molecular flexibility index (Phi) is 6.89. The van der Waals surface area contributed by atoms with Gasteiger partial charge in [0.15, 0.2) is 0 Å². The number of anilines is 2. The summed E-state index contributed by atoms with van der Waals surface area (Å²) in [5.41, 5.74) is 6.45. The molecule has 3 rings (SSSR count). The van der Waals surface area contributed by atoms with E-state index in [9.17, 15) is 9.70 Å². The molecule has 150 valence electrons. The maximum atomic E-state index is 12.7. The Labute approximate surface area is 170 Å². The Bertz CT molecular complexity index is 952. The van der Waals surface area contributed by atoms with Gasteiger partial charge in [-0.1, -0.05) is 24.3 Å². The summed E-state index contributed by atoms with van der Waals surface area (Å²) in [6.45, 7) is 1.71. The molecule has 1 aliphatic carbocycles. The van der Waals surface area contributed by atoms with Gasteiger partial charge in [0.2, 0.25) is 0 Å². The Morgan fingerprint density at radius 3 is 2.79 bits per heavy atom. The summed E-state index contributed by atoms with van der Waals surface area (Å²) in [6.07, 6.45) is 10.4. The maximum absolute atomic E-state index is 12.7. The summed E-state index contributed by atoms with van der Waals surface area (Å²) < 4.78 is 0. The molecule has 1 aliphatic rings. The van der Waals surface area contributed by atoms with Crippen molar-refractivity contribution in [3.05, 3.63) is 82.4 Å². The number of nitrogens with two attached hydrogens (primary N) is 1. The van der Waals surface area contributed by atoms with Crippen molar-refractivity contribution in [3.63, 3.8) is 0 Å². The van der Waals surface area contributed by atoms with Gasteiger partial charge in [0, 0.05) is 16.9 Å². The zero-order chi connectivity index (χ0) is 20.6. The average molecular weight is 391 g/mol. The highest BCUT2D eigenvalue weighted by atomic mass is 16.3. The SMILES string of the molecule is Cc1c(N=O)cccc1C(=O)Nc1cccc(N(NN)/C2=C/C=C\CCCC2)c1. The van der Waals surface area contributed by atoms with E-state index < -0.39 is 0 Å². The minimum Gasteiger partial charge on any atom is -0.322 e. The van der Waals surface area contributed by atoms with Crippen molar-refractivity contribution in [1.29, 1.82) is 0 Å². The van der Waals surface area contributed by atoms with Crippen LogP contribution in [0.3, 0.4) is 0 Å². The van der Waals surface area contributed by atoms with Crippen LogP contribution in [-0.2, 0) is 0 Å². The number of rotatable bonds is 6. The molecule has 0 saturated carbocycles. The smallest absolute Gasteiger partial charge is 0.256 e. The Balaban J connectivity index is 1.83. The van der Waals surface area contributed by atoms with Crippen molar-refractivity contribution >= 4 is 23.0 Å². The fraction of sp³-hybridized carbons (Fsp3) is 0.227. The van der Waals surface area contributed by atoms with Crippen LogP contribution in [0.15, 0.2) is 71.6 Å². The number of hydrogen-bond donors (Lipinski definition) is 3. The summed E-state index contributed by atoms with van der Waals surface area (Å²) in [6, 6.07) is 12.3. The lowest BCUT2D eigenvalue weighted by atomic mass is 10.1. The molecular weight excluding hydrogens is 366 g/mol. The molecule has 1 amide bonds. The third-order valence-corrected chi connectivity index (χ3v) is 4.91. The highest BCUT2D eigenvalue weighted by Crippen LogP contribution is 2.26. The predicted molar refractivity (Wildman–Crippen MR) is 117 cm³/mol. The number of benzene rings is 2. The first-order chi connectivity index (χ1) is 14.1. The second-order valence-electron chi connectivity index (χ2n) is 6.84. The van der Waals surface area contributed by atoms with E-state index in [2.05, 4.69) is 22.1 Å². The average Bonchev–Trinajstić information content (AvgIpc) is 2.70. The van der Waals surface area contributed by atoms with E-state index in [-0.39, 0.29) is 11.6 Å². The third-order valence-electron chi connectivity index (χ3n) is 4.91. The van der Waals surface area contributed by atoms with Gasteiger partial charge in [-0.3, -0.25) is 15.6 Å².